The zero-order chi connectivity index (χ0) is 15.7. The summed E-state index contributed by atoms with van der Waals surface area (Å²) in [5.74, 6) is 0.830. The third-order valence-corrected chi connectivity index (χ3v) is 2.96. The second kappa shape index (κ2) is 9.19. The van der Waals surface area contributed by atoms with Crippen LogP contribution in [0, 0.1) is 0 Å². The second-order valence-corrected chi connectivity index (χ2v) is 4.85. The maximum atomic E-state index is 11.1. The normalized spacial score (nSPS) is 11.1. The highest BCUT2D eigenvalue weighted by atomic mass is 16.5. The minimum Gasteiger partial charge on any atom is -0.491 e. The molecule has 0 fully saturated rings. The molecule has 116 valence electrons. The molecule has 0 N–H and O–H groups in total. The molecular formula is C17H24O4. The van der Waals surface area contributed by atoms with Crippen molar-refractivity contribution in [3.8, 4) is 5.75 Å². The highest BCUT2D eigenvalue weighted by Crippen LogP contribution is 2.28. The zero-order valence-corrected chi connectivity index (χ0v) is 13.2. The van der Waals surface area contributed by atoms with Crippen LogP contribution < -0.4 is 4.74 Å². The Morgan fingerprint density at radius 3 is 2.67 bits per heavy atom. The van der Waals surface area contributed by atoms with E-state index >= 15 is 0 Å². The molecule has 0 aliphatic carbocycles. The first-order valence-corrected chi connectivity index (χ1v) is 7.19. The predicted octanol–water partition coefficient (Wildman–Crippen LogP) is 3.41. The molecule has 1 aromatic carbocycles. The van der Waals surface area contributed by atoms with E-state index in [-0.39, 0.29) is 5.97 Å². The second-order valence-electron chi connectivity index (χ2n) is 4.85. The fraction of sp³-hybridized carbons (Fsp3) is 0.471. The van der Waals surface area contributed by atoms with Gasteiger partial charge in [0.15, 0.2) is 0 Å². The number of hydrogen-bond donors (Lipinski definition) is 0. The van der Waals surface area contributed by atoms with E-state index in [1.165, 1.54) is 13.2 Å². The molecule has 21 heavy (non-hydrogen) atoms. The number of methoxy groups -OCH3 is 1. The molecule has 0 saturated heterocycles. The van der Waals surface area contributed by atoms with E-state index < -0.39 is 0 Å². The molecule has 0 aromatic heterocycles. The fourth-order valence-electron chi connectivity index (χ4n) is 1.84. The number of carbonyl (C=O) groups excluding carboxylic acids is 1. The van der Waals surface area contributed by atoms with Crippen molar-refractivity contribution < 1.29 is 19.0 Å². The standard InChI is InChI=1S/C17H24O4/c1-5-20-10-11-21-16-8-6-14(7-9-17(18)19-4)12-15(16)13(2)3/h6-9,12-13H,5,10-11H2,1-4H3/b9-7+. The molecule has 0 aliphatic rings. The van der Waals surface area contributed by atoms with Crippen molar-refractivity contribution >= 4 is 12.0 Å². The Hall–Kier alpha value is -1.81. The molecule has 0 radical (unpaired) electrons. The summed E-state index contributed by atoms with van der Waals surface area (Å²) >= 11 is 0. The Morgan fingerprint density at radius 2 is 2.05 bits per heavy atom. The van der Waals surface area contributed by atoms with Gasteiger partial charge in [-0.1, -0.05) is 19.9 Å². The minimum atomic E-state index is -0.363. The van der Waals surface area contributed by atoms with Gasteiger partial charge in [-0.25, -0.2) is 4.79 Å². The van der Waals surface area contributed by atoms with Gasteiger partial charge in [0.25, 0.3) is 0 Å². The molecule has 0 heterocycles. The number of ether oxygens (including phenoxy) is 3. The third-order valence-electron chi connectivity index (χ3n) is 2.96. The number of esters is 1. The average Bonchev–Trinajstić information content (AvgIpc) is 2.49. The first-order chi connectivity index (χ1) is 10.1. The van der Waals surface area contributed by atoms with Gasteiger partial charge >= 0.3 is 5.97 Å². The van der Waals surface area contributed by atoms with Gasteiger partial charge in [0.05, 0.1) is 13.7 Å². The molecule has 0 aliphatic heterocycles. The highest BCUT2D eigenvalue weighted by Gasteiger charge is 2.08. The Bertz CT molecular complexity index is 478. The molecule has 4 nitrogen and oxygen atoms in total. The smallest absolute Gasteiger partial charge is 0.330 e. The van der Waals surface area contributed by atoms with Crippen LogP contribution in [0.2, 0.25) is 0 Å². The van der Waals surface area contributed by atoms with Crippen molar-refractivity contribution in [2.24, 2.45) is 0 Å². The summed E-state index contributed by atoms with van der Waals surface area (Å²) in [4.78, 5) is 11.1. The van der Waals surface area contributed by atoms with Crippen LogP contribution in [-0.2, 0) is 14.3 Å². The lowest BCUT2D eigenvalue weighted by molar-refractivity contribution is -0.134. The SMILES string of the molecule is CCOCCOc1ccc(/C=C/C(=O)OC)cc1C(C)C. The van der Waals surface area contributed by atoms with Crippen LogP contribution in [-0.4, -0.2) is 32.9 Å². The van der Waals surface area contributed by atoms with Crippen LogP contribution >= 0.6 is 0 Å². The Labute approximate surface area is 126 Å². The Balaban J connectivity index is 2.81. The molecule has 0 spiro atoms. The van der Waals surface area contributed by atoms with Gasteiger partial charge in [0.1, 0.15) is 12.4 Å². The van der Waals surface area contributed by atoms with E-state index in [1.807, 2.05) is 25.1 Å². The highest BCUT2D eigenvalue weighted by molar-refractivity contribution is 5.87. The molecule has 0 unspecified atom stereocenters. The lowest BCUT2D eigenvalue weighted by Gasteiger charge is -2.15. The molecule has 4 heteroatoms. The quantitative estimate of drug-likeness (QED) is 0.418. The molecule has 1 aromatic rings. The number of hydrogen-bond acceptors (Lipinski definition) is 4. The van der Waals surface area contributed by atoms with Crippen molar-refractivity contribution in [1.29, 1.82) is 0 Å². The maximum absolute atomic E-state index is 11.1. The van der Waals surface area contributed by atoms with Gasteiger partial charge in [-0.15, -0.1) is 0 Å². The maximum Gasteiger partial charge on any atom is 0.330 e. The van der Waals surface area contributed by atoms with E-state index in [0.29, 0.717) is 25.7 Å². The molecule has 0 amide bonds. The fourth-order valence-corrected chi connectivity index (χ4v) is 1.84. The number of rotatable bonds is 8. The average molecular weight is 292 g/mol. The van der Waals surface area contributed by atoms with Crippen LogP contribution in [0.15, 0.2) is 24.3 Å². The Kier molecular flexibility index (Phi) is 7.54. The summed E-state index contributed by atoms with van der Waals surface area (Å²) in [6.07, 6.45) is 3.15. The van der Waals surface area contributed by atoms with Crippen LogP contribution in [0.4, 0.5) is 0 Å². The van der Waals surface area contributed by atoms with Crippen molar-refractivity contribution in [3.05, 3.63) is 35.4 Å². The van der Waals surface area contributed by atoms with Crippen molar-refractivity contribution in [1.82, 2.24) is 0 Å². The zero-order valence-electron chi connectivity index (χ0n) is 13.2. The molecule has 1 rings (SSSR count). The van der Waals surface area contributed by atoms with Crippen molar-refractivity contribution in [3.63, 3.8) is 0 Å². The van der Waals surface area contributed by atoms with E-state index in [1.54, 1.807) is 6.08 Å². The van der Waals surface area contributed by atoms with E-state index in [4.69, 9.17) is 9.47 Å². The third kappa shape index (κ3) is 6.00. The summed E-state index contributed by atoms with van der Waals surface area (Å²) in [5.41, 5.74) is 2.06. The van der Waals surface area contributed by atoms with E-state index in [2.05, 4.69) is 18.6 Å². The van der Waals surface area contributed by atoms with Crippen LogP contribution in [0.5, 0.6) is 5.75 Å². The van der Waals surface area contributed by atoms with Crippen LogP contribution in [0.1, 0.15) is 37.8 Å². The number of benzene rings is 1. The van der Waals surface area contributed by atoms with Gasteiger partial charge in [-0.2, -0.15) is 0 Å². The van der Waals surface area contributed by atoms with Crippen molar-refractivity contribution in [2.45, 2.75) is 26.7 Å². The Morgan fingerprint density at radius 1 is 1.29 bits per heavy atom. The lowest BCUT2D eigenvalue weighted by Crippen LogP contribution is -2.08. The lowest BCUT2D eigenvalue weighted by atomic mass is 9.99. The first kappa shape index (κ1) is 17.2. The summed E-state index contributed by atoms with van der Waals surface area (Å²) in [6, 6.07) is 5.87. The van der Waals surface area contributed by atoms with Crippen LogP contribution in [0.25, 0.3) is 6.08 Å². The van der Waals surface area contributed by atoms with Gasteiger partial charge < -0.3 is 14.2 Å². The topological polar surface area (TPSA) is 44.8 Å². The van der Waals surface area contributed by atoms with Gasteiger partial charge in [0, 0.05) is 12.7 Å². The number of carbonyl (C=O) groups is 1. The summed E-state index contributed by atoms with van der Waals surface area (Å²) < 4.78 is 15.6. The summed E-state index contributed by atoms with van der Waals surface area (Å²) in [5, 5.41) is 0. The summed E-state index contributed by atoms with van der Waals surface area (Å²) in [7, 11) is 1.36. The molecular weight excluding hydrogens is 268 g/mol. The largest absolute Gasteiger partial charge is 0.491 e. The van der Waals surface area contributed by atoms with Gasteiger partial charge in [-0.3, -0.25) is 0 Å². The van der Waals surface area contributed by atoms with Gasteiger partial charge in [-0.05, 0) is 42.2 Å². The van der Waals surface area contributed by atoms with Gasteiger partial charge in [0.2, 0.25) is 0 Å². The monoisotopic (exact) mass is 292 g/mol. The van der Waals surface area contributed by atoms with Crippen LogP contribution in [0.3, 0.4) is 0 Å². The molecule has 0 bridgehead atoms. The van der Waals surface area contributed by atoms with E-state index in [9.17, 15) is 4.79 Å². The van der Waals surface area contributed by atoms with E-state index in [0.717, 1.165) is 16.9 Å². The minimum absolute atomic E-state index is 0.332. The van der Waals surface area contributed by atoms with Crippen molar-refractivity contribution in [2.75, 3.05) is 26.9 Å². The molecule has 0 saturated carbocycles. The molecule has 0 atom stereocenters. The summed E-state index contributed by atoms with van der Waals surface area (Å²) in [6.45, 7) is 7.99. The predicted molar refractivity (Wildman–Crippen MR) is 83.6 cm³/mol. The first-order valence-electron chi connectivity index (χ1n) is 7.19.